The summed E-state index contributed by atoms with van der Waals surface area (Å²) >= 11 is 0. The molecule has 1 unspecified atom stereocenters. The summed E-state index contributed by atoms with van der Waals surface area (Å²) in [5, 5.41) is 0. The predicted octanol–water partition coefficient (Wildman–Crippen LogP) is 2.10. The second-order valence-corrected chi connectivity index (χ2v) is 3.93. The third kappa shape index (κ3) is 5.06. The zero-order valence-electron chi connectivity index (χ0n) is 8.54. The van der Waals surface area contributed by atoms with Crippen LogP contribution in [0.2, 0.25) is 0 Å². The van der Waals surface area contributed by atoms with Gasteiger partial charge in [0, 0.05) is 19.3 Å². The Kier molecular flexibility index (Phi) is 5.09. The molecule has 0 bridgehead atoms. The molecule has 0 spiro atoms. The van der Waals surface area contributed by atoms with E-state index in [2.05, 4.69) is 19.1 Å². The van der Waals surface area contributed by atoms with Crippen molar-refractivity contribution in [3.8, 4) is 0 Å². The third-order valence-electron chi connectivity index (χ3n) is 2.46. The maximum Gasteiger partial charge on any atom is 0.0471 e. The van der Waals surface area contributed by atoms with E-state index in [1.165, 1.54) is 12.8 Å². The van der Waals surface area contributed by atoms with Gasteiger partial charge in [0.15, 0.2) is 0 Å². The van der Waals surface area contributed by atoms with Crippen LogP contribution in [0.3, 0.4) is 0 Å². The molecule has 1 rings (SSSR count). The van der Waals surface area contributed by atoms with Gasteiger partial charge in [-0.1, -0.05) is 12.2 Å². The van der Waals surface area contributed by atoms with Gasteiger partial charge in [0.1, 0.15) is 0 Å². The van der Waals surface area contributed by atoms with Crippen molar-refractivity contribution in [3.05, 3.63) is 12.2 Å². The van der Waals surface area contributed by atoms with Crippen LogP contribution in [0.25, 0.3) is 0 Å². The van der Waals surface area contributed by atoms with E-state index in [4.69, 9.17) is 10.5 Å². The third-order valence-corrected chi connectivity index (χ3v) is 2.46. The number of ether oxygens (including phenoxy) is 1. The minimum Gasteiger partial charge on any atom is -0.381 e. The van der Waals surface area contributed by atoms with Crippen LogP contribution in [0.5, 0.6) is 0 Å². The Bertz CT molecular complexity index is 148. The first-order valence-electron chi connectivity index (χ1n) is 5.29. The monoisotopic (exact) mass is 183 g/mol. The SMILES string of the molecule is CC(N)CC/C=C/C1CCOCC1. The zero-order valence-corrected chi connectivity index (χ0v) is 8.54. The number of rotatable bonds is 4. The summed E-state index contributed by atoms with van der Waals surface area (Å²) < 4.78 is 5.29. The van der Waals surface area contributed by atoms with Gasteiger partial charge in [-0.25, -0.2) is 0 Å². The molecule has 1 fully saturated rings. The number of hydrogen-bond acceptors (Lipinski definition) is 2. The molecule has 1 atom stereocenters. The fourth-order valence-electron chi connectivity index (χ4n) is 1.56. The van der Waals surface area contributed by atoms with Crippen molar-refractivity contribution in [2.75, 3.05) is 13.2 Å². The van der Waals surface area contributed by atoms with Crippen molar-refractivity contribution in [1.82, 2.24) is 0 Å². The summed E-state index contributed by atoms with van der Waals surface area (Å²) in [6.45, 7) is 3.92. The number of allylic oxidation sites excluding steroid dienone is 2. The fourth-order valence-corrected chi connectivity index (χ4v) is 1.56. The van der Waals surface area contributed by atoms with Crippen molar-refractivity contribution in [2.45, 2.75) is 38.6 Å². The smallest absolute Gasteiger partial charge is 0.0471 e. The van der Waals surface area contributed by atoms with E-state index in [-0.39, 0.29) is 0 Å². The first-order valence-corrected chi connectivity index (χ1v) is 5.29. The molecule has 0 amide bonds. The molecule has 2 heteroatoms. The van der Waals surface area contributed by atoms with E-state index >= 15 is 0 Å². The first-order chi connectivity index (χ1) is 6.29. The summed E-state index contributed by atoms with van der Waals surface area (Å²) in [6.07, 6.45) is 9.21. The summed E-state index contributed by atoms with van der Waals surface area (Å²) in [5.74, 6) is 0.752. The summed E-state index contributed by atoms with van der Waals surface area (Å²) in [6, 6.07) is 0.333. The van der Waals surface area contributed by atoms with Crippen molar-refractivity contribution in [2.24, 2.45) is 11.7 Å². The Morgan fingerprint density at radius 2 is 2.15 bits per heavy atom. The standard InChI is InChI=1S/C11H21NO/c1-10(12)4-2-3-5-11-6-8-13-9-7-11/h3,5,10-11H,2,4,6-9,12H2,1H3/b5-3+. The highest BCUT2D eigenvalue weighted by molar-refractivity contribution is 4.89. The summed E-state index contributed by atoms with van der Waals surface area (Å²) in [7, 11) is 0. The molecule has 13 heavy (non-hydrogen) atoms. The lowest BCUT2D eigenvalue weighted by Gasteiger charge is -2.18. The average Bonchev–Trinajstić information content (AvgIpc) is 2.14. The Morgan fingerprint density at radius 3 is 2.77 bits per heavy atom. The molecule has 0 aliphatic carbocycles. The molecular weight excluding hydrogens is 162 g/mol. The van der Waals surface area contributed by atoms with Crippen LogP contribution in [0.1, 0.15) is 32.6 Å². The largest absolute Gasteiger partial charge is 0.381 e. The van der Waals surface area contributed by atoms with E-state index in [0.717, 1.165) is 32.0 Å². The Hall–Kier alpha value is -0.340. The topological polar surface area (TPSA) is 35.2 Å². The first kappa shape index (κ1) is 10.7. The fraction of sp³-hybridized carbons (Fsp3) is 0.818. The van der Waals surface area contributed by atoms with Gasteiger partial charge in [0.25, 0.3) is 0 Å². The van der Waals surface area contributed by atoms with E-state index < -0.39 is 0 Å². The molecule has 1 heterocycles. The maximum absolute atomic E-state index is 5.66. The molecule has 1 saturated heterocycles. The van der Waals surface area contributed by atoms with Crippen molar-refractivity contribution in [3.63, 3.8) is 0 Å². The molecule has 1 aliphatic rings. The average molecular weight is 183 g/mol. The maximum atomic E-state index is 5.66. The lowest BCUT2D eigenvalue weighted by molar-refractivity contribution is 0.0785. The van der Waals surface area contributed by atoms with Crippen LogP contribution in [0, 0.1) is 5.92 Å². The molecular formula is C11H21NO. The second-order valence-electron chi connectivity index (χ2n) is 3.93. The van der Waals surface area contributed by atoms with Crippen LogP contribution < -0.4 is 5.73 Å². The molecule has 2 N–H and O–H groups in total. The molecule has 0 radical (unpaired) electrons. The van der Waals surface area contributed by atoms with Gasteiger partial charge in [0.05, 0.1) is 0 Å². The lowest BCUT2D eigenvalue weighted by Crippen LogP contribution is -2.14. The van der Waals surface area contributed by atoms with Gasteiger partial charge in [-0.05, 0) is 38.5 Å². The van der Waals surface area contributed by atoms with Crippen LogP contribution in [0.4, 0.5) is 0 Å². The molecule has 0 aromatic rings. The number of nitrogens with two attached hydrogens (primary N) is 1. The van der Waals surface area contributed by atoms with Crippen LogP contribution >= 0.6 is 0 Å². The number of hydrogen-bond donors (Lipinski definition) is 1. The van der Waals surface area contributed by atoms with Gasteiger partial charge in [-0.15, -0.1) is 0 Å². The Morgan fingerprint density at radius 1 is 1.46 bits per heavy atom. The van der Waals surface area contributed by atoms with Crippen molar-refractivity contribution < 1.29 is 4.74 Å². The van der Waals surface area contributed by atoms with E-state index in [1.54, 1.807) is 0 Å². The Labute approximate surface area is 81.1 Å². The minimum atomic E-state index is 0.333. The highest BCUT2D eigenvalue weighted by Gasteiger charge is 2.09. The van der Waals surface area contributed by atoms with E-state index in [0.29, 0.717) is 6.04 Å². The van der Waals surface area contributed by atoms with Gasteiger partial charge in [0.2, 0.25) is 0 Å². The molecule has 0 aromatic heterocycles. The molecule has 76 valence electrons. The van der Waals surface area contributed by atoms with Gasteiger partial charge in [-0.3, -0.25) is 0 Å². The van der Waals surface area contributed by atoms with E-state index in [9.17, 15) is 0 Å². The van der Waals surface area contributed by atoms with Crippen LogP contribution in [0.15, 0.2) is 12.2 Å². The lowest BCUT2D eigenvalue weighted by atomic mass is 9.99. The zero-order chi connectivity index (χ0) is 9.52. The van der Waals surface area contributed by atoms with Gasteiger partial charge in [-0.2, -0.15) is 0 Å². The van der Waals surface area contributed by atoms with Crippen molar-refractivity contribution >= 4 is 0 Å². The Balaban J connectivity index is 2.07. The molecule has 0 saturated carbocycles. The highest BCUT2D eigenvalue weighted by Crippen LogP contribution is 2.16. The van der Waals surface area contributed by atoms with Gasteiger partial charge < -0.3 is 10.5 Å². The van der Waals surface area contributed by atoms with Gasteiger partial charge >= 0.3 is 0 Å². The van der Waals surface area contributed by atoms with Crippen molar-refractivity contribution in [1.29, 1.82) is 0 Å². The molecule has 2 nitrogen and oxygen atoms in total. The highest BCUT2D eigenvalue weighted by atomic mass is 16.5. The summed E-state index contributed by atoms with van der Waals surface area (Å²) in [4.78, 5) is 0. The quantitative estimate of drug-likeness (QED) is 0.677. The van der Waals surface area contributed by atoms with Crippen LogP contribution in [-0.2, 0) is 4.74 Å². The van der Waals surface area contributed by atoms with E-state index in [1.807, 2.05) is 0 Å². The minimum absolute atomic E-state index is 0.333. The summed E-state index contributed by atoms with van der Waals surface area (Å²) in [5.41, 5.74) is 5.66. The normalized spacial score (nSPS) is 22.3. The predicted molar refractivity (Wildman–Crippen MR) is 55.6 cm³/mol. The van der Waals surface area contributed by atoms with Crippen LogP contribution in [-0.4, -0.2) is 19.3 Å². The second kappa shape index (κ2) is 6.17. The molecule has 1 aliphatic heterocycles. The molecule has 0 aromatic carbocycles.